The molecule has 2 fully saturated rings. The van der Waals surface area contributed by atoms with Gasteiger partial charge >= 0.3 is 41.9 Å². The highest BCUT2D eigenvalue weighted by atomic mass is 16.6. The summed E-state index contributed by atoms with van der Waals surface area (Å²) in [4.78, 5) is 96.6. The van der Waals surface area contributed by atoms with Crippen molar-refractivity contribution in [2.45, 2.75) is 277 Å². The molecular formula is C61H108N2O14. The van der Waals surface area contributed by atoms with Gasteiger partial charge in [-0.2, -0.15) is 0 Å². The third-order valence-corrected chi connectivity index (χ3v) is 14.9. The molecular weight excluding hydrogens is 985 g/mol. The predicted molar refractivity (Wildman–Crippen MR) is 299 cm³/mol. The number of esters is 6. The average molecular weight is 1090 g/mol. The van der Waals surface area contributed by atoms with E-state index < -0.39 is 42.0 Å². The van der Waals surface area contributed by atoms with Gasteiger partial charge in [-0.25, -0.2) is 4.79 Å². The van der Waals surface area contributed by atoms with Gasteiger partial charge in [-0.05, 0) is 58.4 Å². The Balaban J connectivity index is 2.18. The molecule has 0 aromatic carbocycles. The smallest absolute Gasteiger partial charge is 0.410 e. The van der Waals surface area contributed by atoms with Crippen LogP contribution in [0.15, 0.2) is 0 Å². The molecule has 0 N–H and O–H groups in total. The molecule has 446 valence electrons. The number of amides is 1. The molecule has 0 spiro atoms. The van der Waals surface area contributed by atoms with Crippen LogP contribution >= 0.6 is 0 Å². The molecule has 2 saturated heterocycles. The normalized spacial score (nSPS) is 16.2. The largest absolute Gasteiger partial charge is 0.465 e. The molecule has 2 rings (SSSR count). The van der Waals surface area contributed by atoms with Gasteiger partial charge in [-0.3, -0.25) is 33.7 Å². The molecule has 2 heterocycles. The van der Waals surface area contributed by atoms with E-state index in [-0.39, 0.29) is 108 Å². The Labute approximate surface area is 465 Å². The fourth-order valence-corrected chi connectivity index (χ4v) is 9.90. The molecule has 2 aliphatic heterocycles. The SMILES string of the molecule is CCCCCCCCC(=O)OCC(COC(=O)CCCCCCCC)CC(=O)OC[C@@H]1CCCC[C@@H](COC(=O)CC(COC(=O)CCCCCCCC)COC(=O)CCCCCCCC)N1C(=O)OC1CCN(C)CC1. The first-order valence-electron chi connectivity index (χ1n) is 31.0. The highest BCUT2D eigenvalue weighted by Crippen LogP contribution is 2.27. The van der Waals surface area contributed by atoms with Crippen molar-refractivity contribution < 1.29 is 66.7 Å². The summed E-state index contributed by atoms with van der Waals surface area (Å²) in [6.45, 7) is 9.46. The zero-order valence-corrected chi connectivity index (χ0v) is 49.1. The van der Waals surface area contributed by atoms with Gasteiger partial charge < -0.3 is 38.1 Å². The summed E-state index contributed by atoms with van der Waals surface area (Å²) < 4.78 is 40.5. The summed E-state index contributed by atoms with van der Waals surface area (Å²) in [5.74, 6) is -3.88. The van der Waals surface area contributed by atoms with Crippen molar-refractivity contribution in [1.29, 1.82) is 0 Å². The minimum Gasteiger partial charge on any atom is -0.465 e. The lowest BCUT2D eigenvalue weighted by Crippen LogP contribution is -2.52. The van der Waals surface area contributed by atoms with Crippen molar-refractivity contribution in [2.75, 3.05) is 59.8 Å². The molecule has 77 heavy (non-hydrogen) atoms. The number of hydrogen-bond acceptors (Lipinski definition) is 15. The zero-order valence-electron chi connectivity index (χ0n) is 49.1. The highest BCUT2D eigenvalue weighted by molar-refractivity contribution is 5.73. The number of carbonyl (C=O) groups is 7. The third-order valence-electron chi connectivity index (χ3n) is 14.9. The molecule has 0 unspecified atom stereocenters. The number of ether oxygens (including phenoxy) is 7. The van der Waals surface area contributed by atoms with E-state index in [1.165, 1.54) is 25.7 Å². The number of unbranched alkanes of at least 4 members (excludes halogenated alkanes) is 20. The van der Waals surface area contributed by atoms with Gasteiger partial charge in [0.2, 0.25) is 0 Å². The fourth-order valence-electron chi connectivity index (χ4n) is 9.90. The van der Waals surface area contributed by atoms with E-state index in [1.807, 2.05) is 7.05 Å². The Morgan fingerprint density at radius 1 is 0.390 bits per heavy atom. The first kappa shape index (κ1) is 69.2. The second-order valence-corrected chi connectivity index (χ2v) is 22.2. The van der Waals surface area contributed by atoms with E-state index in [9.17, 15) is 33.6 Å². The topological polar surface area (TPSA) is 191 Å². The van der Waals surface area contributed by atoms with Crippen LogP contribution < -0.4 is 0 Å². The molecule has 16 nitrogen and oxygen atoms in total. The zero-order chi connectivity index (χ0) is 56.1. The van der Waals surface area contributed by atoms with Gasteiger partial charge in [0.05, 0.1) is 51.4 Å². The van der Waals surface area contributed by atoms with Crippen LogP contribution in [0.1, 0.15) is 259 Å². The highest BCUT2D eigenvalue weighted by Gasteiger charge is 2.37. The first-order chi connectivity index (χ1) is 37.4. The molecule has 0 saturated carbocycles. The molecule has 0 bridgehead atoms. The fraction of sp³-hybridized carbons (Fsp3) is 0.885. The van der Waals surface area contributed by atoms with Crippen LogP contribution in [0.5, 0.6) is 0 Å². The number of piperidine rings is 1. The first-order valence-corrected chi connectivity index (χ1v) is 31.0. The molecule has 0 radical (unpaired) electrons. The predicted octanol–water partition coefficient (Wildman–Crippen LogP) is 13.1. The minimum atomic E-state index is -0.632. The lowest BCUT2D eigenvalue weighted by Gasteiger charge is -2.37. The molecule has 0 aromatic heterocycles. The van der Waals surface area contributed by atoms with Crippen molar-refractivity contribution in [3.63, 3.8) is 0 Å². The average Bonchev–Trinajstić information content (AvgIpc) is 3.63. The third kappa shape index (κ3) is 36.0. The Kier molecular flexibility index (Phi) is 41.2. The molecule has 16 heteroatoms. The molecule has 2 aliphatic rings. The van der Waals surface area contributed by atoms with E-state index in [2.05, 4.69) is 32.6 Å². The summed E-state index contributed by atoms with van der Waals surface area (Å²) in [5.41, 5.74) is 0. The Morgan fingerprint density at radius 3 is 1.00 bits per heavy atom. The van der Waals surface area contributed by atoms with Crippen molar-refractivity contribution in [3.05, 3.63) is 0 Å². The monoisotopic (exact) mass is 1090 g/mol. The maximum Gasteiger partial charge on any atom is 0.410 e. The number of carbonyl (C=O) groups excluding carboxylic acids is 7. The Morgan fingerprint density at radius 2 is 0.688 bits per heavy atom. The Bertz CT molecular complexity index is 1430. The van der Waals surface area contributed by atoms with Crippen LogP contribution in [-0.2, 0) is 61.9 Å². The van der Waals surface area contributed by atoms with E-state index in [1.54, 1.807) is 4.90 Å². The number of rotatable bonds is 45. The summed E-state index contributed by atoms with van der Waals surface area (Å²) in [6, 6.07) is -1.20. The molecule has 1 amide bonds. The Hall–Kier alpha value is -3.95. The van der Waals surface area contributed by atoms with Crippen LogP contribution in [0.2, 0.25) is 0 Å². The van der Waals surface area contributed by atoms with Crippen LogP contribution in [0, 0.1) is 11.8 Å². The number of hydrogen-bond donors (Lipinski definition) is 0. The van der Waals surface area contributed by atoms with Crippen molar-refractivity contribution in [1.82, 2.24) is 9.80 Å². The van der Waals surface area contributed by atoms with Crippen molar-refractivity contribution in [2.24, 2.45) is 11.8 Å². The van der Waals surface area contributed by atoms with E-state index in [4.69, 9.17) is 33.2 Å². The number of nitrogens with zero attached hydrogens (tertiary/aromatic N) is 2. The van der Waals surface area contributed by atoms with Crippen LogP contribution in [0.3, 0.4) is 0 Å². The lowest BCUT2D eigenvalue weighted by atomic mass is 10.1. The van der Waals surface area contributed by atoms with Crippen molar-refractivity contribution in [3.8, 4) is 0 Å². The maximum absolute atomic E-state index is 14.3. The minimum absolute atomic E-state index is 0.107. The summed E-state index contributed by atoms with van der Waals surface area (Å²) in [7, 11) is 2.03. The molecule has 0 aromatic rings. The van der Waals surface area contributed by atoms with Crippen LogP contribution in [0.4, 0.5) is 4.79 Å². The quantitative estimate of drug-likeness (QED) is 0.0318. The van der Waals surface area contributed by atoms with Crippen LogP contribution in [0.25, 0.3) is 0 Å². The molecule has 2 atom stereocenters. The summed E-state index contributed by atoms with van der Waals surface area (Å²) in [5, 5.41) is 0. The van der Waals surface area contributed by atoms with E-state index >= 15 is 0 Å². The molecule has 0 aliphatic carbocycles. The van der Waals surface area contributed by atoms with Gasteiger partial charge in [0.1, 0.15) is 19.3 Å². The van der Waals surface area contributed by atoms with Gasteiger partial charge in [0, 0.05) is 50.6 Å². The van der Waals surface area contributed by atoms with E-state index in [0.717, 1.165) is 116 Å². The number of likely N-dealkylation sites (tertiary alicyclic amines) is 2. The van der Waals surface area contributed by atoms with Gasteiger partial charge in [-0.1, -0.05) is 169 Å². The lowest BCUT2D eigenvalue weighted by molar-refractivity contribution is -0.156. The summed E-state index contributed by atoms with van der Waals surface area (Å²) in [6.07, 6.45) is 28.2. The van der Waals surface area contributed by atoms with Gasteiger partial charge in [0.25, 0.3) is 0 Å². The van der Waals surface area contributed by atoms with Crippen molar-refractivity contribution >= 4 is 41.9 Å². The van der Waals surface area contributed by atoms with Gasteiger partial charge in [-0.15, -0.1) is 0 Å². The van der Waals surface area contributed by atoms with Crippen LogP contribution in [-0.4, -0.2) is 130 Å². The second-order valence-electron chi connectivity index (χ2n) is 22.2. The maximum atomic E-state index is 14.3. The summed E-state index contributed by atoms with van der Waals surface area (Å²) >= 11 is 0. The standard InChI is InChI=1S/C61H108N2O14/c1-6-10-14-18-22-26-34-55(64)71-44-50(45-72-56(65)35-27-23-19-15-11-7-2)42-59(68)75-48-52-32-30-31-33-53(63(52)61(70)77-54-38-40-62(5)41-39-54)49-76-60(69)43-51(46-73-57(66)36-28-24-20-16-12-8-3)47-74-58(67)37-29-25-21-17-13-9-4/h50-54H,6-49H2,1-5H3/t52-,53-/m0/s1. The van der Waals surface area contributed by atoms with E-state index in [0.29, 0.717) is 64.2 Å². The van der Waals surface area contributed by atoms with Gasteiger partial charge in [0.15, 0.2) is 0 Å². The second kappa shape index (κ2) is 45.9.